The highest BCUT2D eigenvalue weighted by atomic mass is 15.1. The monoisotopic (exact) mass is 424 g/mol. The highest BCUT2D eigenvalue weighted by Gasteiger charge is 2.35. The Kier molecular flexibility index (Phi) is 6.01. The predicted octanol–water partition coefficient (Wildman–Crippen LogP) is 7.10. The first-order valence-electron chi connectivity index (χ1n) is 11.6. The van der Waals surface area contributed by atoms with E-state index in [1.807, 2.05) is 0 Å². The standard InChI is InChI=1S/C30H36N2/c1-20-17-24(14-15-27(20)32(6)7)29-28-21(2)18-30(4,5)19-26(28)22(3)25-13-9-8-11-23(25)12-10-16-31-29/h8-15,17,29,31H,2-3,16,18-19H2,1,4-7H3/b12-10-. The summed E-state index contributed by atoms with van der Waals surface area (Å²) in [5, 5.41) is 3.83. The molecule has 2 aliphatic rings. The summed E-state index contributed by atoms with van der Waals surface area (Å²) in [7, 11) is 4.20. The van der Waals surface area contributed by atoms with Crippen molar-refractivity contribution in [3.63, 3.8) is 0 Å². The van der Waals surface area contributed by atoms with Crippen molar-refractivity contribution >= 4 is 17.3 Å². The van der Waals surface area contributed by atoms with E-state index < -0.39 is 0 Å². The molecule has 0 radical (unpaired) electrons. The number of nitrogens with zero attached hydrogens (tertiary/aromatic N) is 1. The zero-order valence-electron chi connectivity index (χ0n) is 20.3. The maximum Gasteiger partial charge on any atom is 0.0584 e. The lowest BCUT2D eigenvalue weighted by molar-refractivity contribution is 0.347. The molecule has 1 N–H and O–H groups in total. The van der Waals surface area contributed by atoms with Crippen LogP contribution in [0.2, 0.25) is 0 Å². The molecule has 1 aliphatic heterocycles. The smallest absolute Gasteiger partial charge is 0.0584 e. The summed E-state index contributed by atoms with van der Waals surface area (Å²) in [5.41, 5.74) is 11.5. The normalized spacial score (nSPS) is 21.6. The van der Waals surface area contributed by atoms with Crippen molar-refractivity contribution in [3.8, 4) is 0 Å². The second-order valence-corrected chi connectivity index (χ2v) is 10.3. The molecular weight excluding hydrogens is 388 g/mol. The molecule has 0 amide bonds. The van der Waals surface area contributed by atoms with E-state index in [0.29, 0.717) is 0 Å². The first-order chi connectivity index (χ1) is 15.2. The number of allylic oxidation sites excluding steroid dienone is 2. The molecule has 2 nitrogen and oxygen atoms in total. The lowest BCUT2D eigenvalue weighted by Crippen LogP contribution is -2.30. The molecule has 1 unspecified atom stereocenters. The second-order valence-electron chi connectivity index (χ2n) is 10.3. The molecule has 0 aromatic heterocycles. The molecule has 1 atom stereocenters. The summed E-state index contributed by atoms with van der Waals surface area (Å²) >= 11 is 0. The Hall–Kier alpha value is -2.84. The molecule has 0 bridgehead atoms. The van der Waals surface area contributed by atoms with E-state index in [-0.39, 0.29) is 11.5 Å². The fraction of sp³-hybridized carbons (Fsp3) is 0.333. The summed E-state index contributed by atoms with van der Waals surface area (Å²) in [6.45, 7) is 16.9. The maximum atomic E-state index is 4.63. The van der Waals surface area contributed by atoms with E-state index in [9.17, 15) is 0 Å². The van der Waals surface area contributed by atoms with Gasteiger partial charge in [-0.15, -0.1) is 0 Å². The van der Waals surface area contributed by atoms with Gasteiger partial charge in [-0.3, -0.25) is 0 Å². The lowest BCUT2D eigenvalue weighted by atomic mass is 9.67. The number of rotatable bonds is 2. The molecule has 0 fully saturated rings. The third-order valence-electron chi connectivity index (χ3n) is 6.77. The quantitative estimate of drug-likeness (QED) is 0.553. The molecule has 2 aromatic carbocycles. The van der Waals surface area contributed by atoms with E-state index in [4.69, 9.17) is 0 Å². The van der Waals surface area contributed by atoms with E-state index >= 15 is 0 Å². The number of hydrogen-bond donors (Lipinski definition) is 1. The van der Waals surface area contributed by atoms with Crippen LogP contribution in [0.3, 0.4) is 0 Å². The van der Waals surface area contributed by atoms with Crippen LogP contribution in [0.15, 0.2) is 78.4 Å². The molecule has 0 saturated heterocycles. The van der Waals surface area contributed by atoms with Gasteiger partial charge < -0.3 is 10.2 Å². The molecule has 0 spiro atoms. The number of hydrogen-bond acceptors (Lipinski definition) is 2. The van der Waals surface area contributed by atoms with Crippen LogP contribution in [0.25, 0.3) is 11.6 Å². The van der Waals surface area contributed by atoms with Crippen molar-refractivity contribution in [1.82, 2.24) is 5.32 Å². The van der Waals surface area contributed by atoms with Crippen LogP contribution in [0.4, 0.5) is 5.69 Å². The topological polar surface area (TPSA) is 15.3 Å². The van der Waals surface area contributed by atoms with Crippen LogP contribution in [0.5, 0.6) is 0 Å². The number of nitrogens with one attached hydrogen (secondary N) is 1. The molecule has 1 aliphatic carbocycles. The van der Waals surface area contributed by atoms with Gasteiger partial charge in [0.15, 0.2) is 0 Å². The minimum Gasteiger partial charge on any atom is -0.377 e. The van der Waals surface area contributed by atoms with Gasteiger partial charge >= 0.3 is 0 Å². The van der Waals surface area contributed by atoms with Crippen molar-refractivity contribution in [3.05, 3.63) is 101 Å². The zero-order chi connectivity index (χ0) is 23.0. The number of anilines is 1. The Morgan fingerprint density at radius 2 is 1.78 bits per heavy atom. The summed E-state index contributed by atoms with van der Waals surface area (Å²) in [4.78, 5) is 2.17. The zero-order valence-corrected chi connectivity index (χ0v) is 20.3. The molecule has 1 heterocycles. The molecule has 166 valence electrons. The highest BCUT2D eigenvalue weighted by Crippen LogP contribution is 2.49. The highest BCUT2D eigenvalue weighted by molar-refractivity contribution is 5.85. The molecule has 2 heteroatoms. The van der Waals surface area contributed by atoms with Crippen LogP contribution in [-0.2, 0) is 0 Å². The van der Waals surface area contributed by atoms with Crippen molar-refractivity contribution in [1.29, 1.82) is 0 Å². The Labute approximate surface area is 194 Å². The van der Waals surface area contributed by atoms with Crippen LogP contribution in [0.1, 0.15) is 55.0 Å². The van der Waals surface area contributed by atoms with Gasteiger partial charge in [-0.1, -0.05) is 75.6 Å². The van der Waals surface area contributed by atoms with E-state index in [2.05, 4.69) is 113 Å². The minimum atomic E-state index is 0.0928. The summed E-state index contributed by atoms with van der Waals surface area (Å²) in [5.74, 6) is 0. The van der Waals surface area contributed by atoms with Crippen LogP contribution in [-0.4, -0.2) is 20.6 Å². The van der Waals surface area contributed by atoms with Crippen molar-refractivity contribution in [2.24, 2.45) is 5.41 Å². The molecular formula is C30H36N2. The predicted molar refractivity (Wildman–Crippen MR) is 140 cm³/mol. The molecule has 4 rings (SSSR count). The average molecular weight is 425 g/mol. The maximum absolute atomic E-state index is 4.63. The molecule has 2 aromatic rings. The van der Waals surface area contributed by atoms with Gasteiger partial charge in [0, 0.05) is 26.3 Å². The van der Waals surface area contributed by atoms with Crippen molar-refractivity contribution in [2.75, 3.05) is 25.5 Å². The first kappa shape index (κ1) is 22.4. The third kappa shape index (κ3) is 4.25. The lowest BCUT2D eigenvalue weighted by Gasteiger charge is -2.39. The minimum absolute atomic E-state index is 0.0928. The van der Waals surface area contributed by atoms with E-state index in [1.165, 1.54) is 44.7 Å². The Bertz CT molecular complexity index is 1130. The van der Waals surface area contributed by atoms with Gasteiger partial charge in [-0.05, 0) is 75.8 Å². The SMILES string of the molecule is C=C1CC(C)(C)CC2=C1C(c1ccc(N(C)C)c(C)c1)NC/C=C\c1ccccc1C2=C. The number of aryl methyl sites for hydroxylation is 1. The summed E-state index contributed by atoms with van der Waals surface area (Å²) in [6, 6.07) is 15.5. The fourth-order valence-electron chi connectivity index (χ4n) is 5.37. The van der Waals surface area contributed by atoms with Gasteiger partial charge in [0.25, 0.3) is 0 Å². The van der Waals surface area contributed by atoms with E-state index in [1.54, 1.807) is 0 Å². The van der Waals surface area contributed by atoms with E-state index in [0.717, 1.165) is 25.0 Å². The third-order valence-corrected chi connectivity index (χ3v) is 6.77. The second kappa shape index (κ2) is 8.60. The van der Waals surface area contributed by atoms with Gasteiger partial charge in [0.05, 0.1) is 6.04 Å². The number of fused-ring (bicyclic) bond motifs is 1. The Balaban J connectivity index is 1.92. The molecule has 32 heavy (non-hydrogen) atoms. The summed E-state index contributed by atoms with van der Waals surface area (Å²) < 4.78 is 0. The van der Waals surface area contributed by atoms with Crippen LogP contribution in [0, 0.1) is 12.3 Å². The summed E-state index contributed by atoms with van der Waals surface area (Å²) in [6.07, 6.45) is 6.45. The Morgan fingerprint density at radius 1 is 1.03 bits per heavy atom. The van der Waals surface area contributed by atoms with Gasteiger partial charge in [0.2, 0.25) is 0 Å². The van der Waals surface area contributed by atoms with Crippen molar-refractivity contribution < 1.29 is 0 Å². The van der Waals surface area contributed by atoms with Crippen LogP contribution < -0.4 is 10.2 Å². The van der Waals surface area contributed by atoms with Crippen molar-refractivity contribution in [2.45, 2.75) is 39.7 Å². The Morgan fingerprint density at radius 3 is 2.50 bits per heavy atom. The van der Waals surface area contributed by atoms with Gasteiger partial charge in [-0.2, -0.15) is 0 Å². The average Bonchev–Trinajstić information content (AvgIpc) is 2.73. The number of benzene rings is 2. The molecule has 0 saturated carbocycles. The van der Waals surface area contributed by atoms with Gasteiger partial charge in [0.1, 0.15) is 0 Å². The van der Waals surface area contributed by atoms with Gasteiger partial charge in [-0.25, -0.2) is 0 Å². The fourth-order valence-corrected chi connectivity index (χ4v) is 5.37. The van der Waals surface area contributed by atoms with Crippen LogP contribution >= 0.6 is 0 Å². The largest absolute Gasteiger partial charge is 0.377 e. The first-order valence-corrected chi connectivity index (χ1v) is 11.6.